The van der Waals surface area contributed by atoms with Gasteiger partial charge in [-0.2, -0.15) is 0 Å². The first-order valence-corrected chi connectivity index (χ1v) is 7.29. The molecule has 1 aromatic rings. The summed E-state index contributed by atoms with van der Waals surface area (Å²) in [6.07, 6.45) is 3.24. The van der Waals surface area contributed by atoms with Crippen LogP contribution in [0.1, 0.15) is 44.3 Å². The van der Waals surface area contributed by atoms with Crippen molar-refractivity contribution < 1.29 is 14.2 Å². The summed E-state index contributed by atoms with van der Waals surface area (Å²) in [6.45, 7) is 3.92. The molecule has 0 aliphatic heterocycles. The summed E-state index contributed by atoms with van der Waals surface area (Å²) in [5, 5.41) is 10.2. The van der Waals surface area contributed by atoms with Gasteiger partial charge in [-0.3, -0.25) is 0 Å². The Labute approximate surface area is 121 Å². The zero-order valence-corrected chi connectivity index (χ0v) is 12.7. The average Bonchev–Trinajstić information content (AvgIpc) is 2.44. The number of hydrogen-bond donors (Lipinski definition) is 1. The zero-order chi connectivity index (χ0) is 15.0. The summed E-state index contributed by atoms with van der Waals surface area (Å²) in [6, 6.07) is 4.61. The Kier molecular flexibility index (Phi) is 7.55. The Balaban J connectivity index is 2.52. The van der Waals surface area contributed by atoms with Crippen LogP contribution in [-0.4, -0.2) is 37.3 Å². The lowest BCUT2D eigenvalue weighted by Crippen LogP contribution is -2.22. The van der Waals surface area contributed by atoms with Gasteiger partial charge in [0.2, 0.25) is 0 Å². The van der Waals surface area contributed by atoms with Gasteiger partial charge in [0.25, 0.3) is 0 Å². The van der Waals surface area contributed by atoms with E-state index in [1.54, 1.807) is 12.1 Å². The lowest BCUT2D eigenvalue weighted by molar-refractivity contribution is 0.141. The maximum absolute atomic E-state index is 13.8. The van der Waals surface area contributed by atoms with Crippen LogP contribution in [0.2, 0.25) is 0 Å². The van der Waals surface area contributed by atoms with Crippen molar-refractivity contribution in [3.8, 4) is 5.75 Å². The highest BCUT2D eigenvalue weighted by Gasteiger charge is 2.18. The SMILES string of the molecule is CCCCCN(C)CCC(O)c1c(F)cccc1OC. The van der Waals surface area contributed by atoms with Crippen molar-refractivity contribution in [3.05, 3.63) is 29.6 Å². The van der Waals surface area contributed by atoms with Crippen LogP contribution in [0.5, 0.6) is 5.75 Å². The summed E-state index contributed by atoms with van der Waals surface area (Å²) < 4.78 is 18.9. The quantitative estimate of drug-likeness (QED) is 0.705. The molecule has 0 saturated heterocycles. The number of unbranched alkanes of at least 4 members (excludes halogenated alkanes) is 2. The molecule has 0 saturated carbocycles. The van der Waals surface area contributed by atoms with E-state index in [2.05, 4.69) is 11.8 Å². The molecule has 20 heavy (non-hydrogen) atoms. The van der Waals surface area contributed by atoms with E-state index in [0.717, 1.165) is 19.5 Å². The minimum atomic E-state index is -0.834. The van der Waals surface area contributed by atoms with E-state index >= 15 is 0 Å². The van der Waals surface area contributed by atoms with E-state index < -0.39 is 11.9 Å². The Morgan fingerprint density at radius 2 is 2.05 bits per heavy atom. The van der Waals surface area contributed by atoms with Crippen LogP contribution in [0.25, 0.3) is 0 Å². The molecule has 0 amide bonds. The highest BCUT2D eigenvalue weighted by molar-refractivity contribution is 5.36. The molecule has 1 N–H and O–H groups in total. The van der Waals surface area contributed by atoms with Crippen LogP contribution in [0.4, 0.5) is 4.39 Å². The van der Waals surface area contributed by atoms with Crippen molar-refractivity contribution in [1.29, 1.82) is 0 Å². The molecular weight excluding hydrogens is 257 g/mol. The van der Waals surface area contributed by atoms with Gasteiger partial charge in [-0.15, -0.1) is 0 Å². The summed E-state index contributed by atoms with van der Waals surface area (Å²) >= 11 is 0. The normalized spacial score (nSPS) is 12.7. The predicted octanol–water partition coefficient (Wildman–Crippen LogP) is 3.38. The maximum Gasteiger partial charge on any atom is 0.132 e. The van der Waals surface area contributed by atoms with Crippen molar-refractivity contribution in [1.82, 2.24) is 4.90 Å². The van der Waals surface area contributed by atoms with Crippen molar-refractivity contribution in [2.45, 2.75) is 38.7 Å². The monoisotopic (exact) mass is 283 g/mol. The van der Waals surface area contributed by atoms with Gasteiger partial charge in [-0.1, -0.05) is 25.8 Å². The molecule has 3 nitrogen and oxygen atoms in total. The van der Waals surface area contributed by atoms with E-state index in [1.165, 1.54) is 26.0 Å². The second-order valence-corrected chi connectivity index (χ2v) is 5.17. The standard InChI is InChI=1S/C16H26FNO2/c1-4-5-6-11-18(2)12-10-14(19)16-13(17)8-7-9-15(16)20-3/h7-9,14,19H,4-6,10-12H2,1-3H3. The number of aliphatic hydroxyl groups excluding tert-OH is 1. The fourth-order valence-corrected chi connectivity index (χ4v) is 2.25. The Hall–Kier alpha value is -1.13. The molecule has 0 radical (unpaired) electrons. The number of rotatable bonds is 9. The van der Waals surface area contributed by atoms with Crippen molar-refractivity contribution in [3.63, 3.8) is 0 Å². The number of ether oxygens (including phenoxy) is 1. The lowest BCUT2D eigenvalue weighted by Gasteiger charge is -2.20. The summed E-state index contributed by atoms with van der Waals surface area (Å²) in [5.41, 5.74) is 0.261. The Morgan fingerprint density at radius 1 is 1.30 bits per heavy atom. The second kappa shape index (κ2) is 8.93. The number of methoxy groups -OCH3 is 1. The van der Waals surface area contributed by atoms with Gasteiger partial charge < -0.3 is 14.7 Å². The van der Waals surface area contributed by atoms with Gasteiger partial charge in [0.15, 0.2) is 0 Å². The third-order valence-corrected chi connectivity index (χ3v) is 3.49. The molecule has 1 aromatic carbocycles. The van der Waals surface area contributed by atoms with E-state index in [-0.39, 0.29) is 5.56 Å². The first kappa shape index (κ1) is 16.9. The molecule has 4 heteroatoms. The number of nitrogens with zero attached hydrogens (tertiary/aromatic N) is 1. The molecule has 1 rings (SSSR count). The zero-order valence-electron chi connectivity index (χ0n) is 12.7. The van der Waals surface area contributed by atoms with Crippen molar-refractivity contribution in [2.24, 2.45) is 0 Å². The van der Waals surface area contributed by atoms with Gasteiger partial charge in [0.05, 0.1) is 18.8 Å². The highest BCUT2D eigenvalue weighted by Crippen LogP contribution is 2.29. The Bertz CT molecular complexity index is 398. The van der Waals surface area contributed by atoms with Crippen LogP contribution < -0.4 is 4.74 Å². The molecule has 1 unspecified atom stereocenters. The lowest BCUT2D eigenvalue weighted by atomic mass is 10.0. The molecule has 0 spiro atoms. The molecule has 0 aromatic heterocycles. The number of halogens is 1. The molecule has 0 heterocycles. The molecule has 0 aliphatic rings. The van der Waals surface area contributed by atoms with Crippen molar-refractivity contribution in [2.75, 3.05) is 27.2 Å². The van der Waals surface area contributed by atoms with Crippen LogP contribution in [0.15, 0.2) is 18.2 Å². The first-order valence-electron chi connectivity index (χ1n) is 7.29. The van der Waals surface area contributed by atoms with Crippen LogP contribution >= 0.6 is 0 Å². The van der Waals surface area contributed by atoms with E-state index in [9.17, 15) is 9.50 Å². The van der Waals surface area contributed by atoms with Crippen molar-refractivity contribution >= 4 is 0 Å². The third-order valence-electron chi connectivity index (χ3n) is 3.49. The summed E-state index contributed by atoms with van der Waals surface area (Å²) in [7, 11) is 3.52. The van der Waals surface area contributed by atoms with Gasteiger partial charge in [-0.05, 0) is 38.6 Å². The molecular formula is C16H26FNO2. The number of benzene rings is 1. The van der Waals surface area contributed by atoms with E-state index in [1.807, 2.05) is 7.05 Å². The van der Waals surface area contributed by atoms with Crippen LogP contribution in [0, 0.1) is 5.82 Å². The molecule has 0 bridgehead atoms. The van der Waals surface area contributed by atoms with Crippen LogP contribution in [-0.2, 0) is 0 Å². The van der Waals surface area contributed by atoms with Gasteiger partial charge in [0.1, 0.15) is 11.6 Å². The fourth-order valence-electron chi connectivity index (χ4n) is 2.25. The second-order valence-electron chi connectivity index (χ2n) is 5.17. The van der Waals surface area contributed by atoms with Crippen LogP contribution in [0.3, 0.4) is 0 Å². The molecule has 114 valence electrons. The fraction of sp³-hybridized carbons (Fsp3) is 0.625. The third kappa shape index (κ3) is 5.10. The number of aliphatic hydroxyl groups is 1. The minimum absolute atomic E-state index is 0.261. The molecule has 0 aliphatic carbocycles. The summed E-state index contributed by atoms with van der Waals surface area (Å²) in [4.78, 5) is 2.17. The topological polar surface area (TPSA) is 32.7 Å². The van der Waals surface area contributed by atoms with Gasteiger partial charge >= 0.3 is 0 Å². The summed E-state index contributed by atoms with van der Waals surface area (Å²) in [5.74, 6) is -0.00313. The largest absolute Gasteiger partial charge is 0.496 e. The van der Waals surface area contributed by atoms with Gasteiger partial charge in [0, 0.05) is 6.54 Å². The maximum atomic E-state index is 13.8. The predicted molar refractivity (Wildman–Crippen MR) is 79.6 cm³/mol. The molecule has 1 atom stereocenters. The van der Waals surface area contributed by atoms with E-state index in [4.69, 9.17) is 4.74 Å². The first-order chi connectivity index (χ1) is 9.60. The highest BCUT2D eigenvalue weighted by atomic mass is 19.1. The Morgan fingerprint density at radius 3 is 2.70 bits per heavy atom. The number of hydrogen-bond acceptors (Lipinski definition) is 3. The smallest absolute Gasteiger partial charge is 0.132 e. The minimum Gasteiger partial charge on any atom is -0.496 e. The molecule has 0 fully saturated rings. The van der Waals surface area contributed by atoms with E-state index in [0.29, 0.717) is 12.2 Å². The van der Waals surface area contributed by atoms with Gasteiger partial charge in [-0.25, -0.2) is 4.39 Å². The average molecular weight is 283 g/mol.